The molecular formula is C48H50N2O8. The summed E-state index contributed by atoms with van der Waals surface area (Å²) in [6.45, 7) is 7.21. The first kappa shape index (κ1) is 38.2. The van der Waals surface area contributed by atoms with Crippen LogP contribution in [0.2, 0.25) is 0 Å². The third-order valence-electron chi connectivity index (χ3n) is 14.3. The summed E-state index contributed by atoms with van der Waals surface area (Å²) in [7, 11) is 0. The molecule has 8 bridgehead atoms. The Bertz CT molecular complexity index is 1950. The smallest absolute Gasteiger partial charge is 0.302 e. The van der Waals surface area contributed by atoms with Gasteiger partial charge in [0.05, 0.1) is 0 Å². The van der Waals surface area contributed by atoms with Gasteiger partial charge in [-0.25, -0.2) is 0 Å². The molecule has 6 aliphatic rings. The van der Waals surface area contributed by atoms with Crippen molar-refractivity contribution in [2.75, 3.05) is 26.4 Å². The van der Waals surface area contributed by atoms with E-state index in [4.69, 9.17) is 18.9 Å². The zero-order chi connectivity index (χ0) is 40.5. The van der Waals surface area contributed by atoms with E-state index in [0.717, 1.165) is 22.3 Å². The number of carbonyl (C=O) groups excluding carboxylic acids is 4. The Labute approximate surface area is 339 Å². The van der Waals surface area contributed by atoms with Crippen molar-refractivity contribution in [1.29, 1.82) is 0 Å². The fraction of sp³-hybridized carbons (Fsp3) is 0.417. The van der Waals surface area contributed by atoms with Crippen molar-refractivity contribution in [3.8, 4) is 0 Å². The van der Waals surface area contributed by atoms with Crippen LogP contribution in [0.1, 0.15) is 61.8 Å². The van der Waals surface area contributed by atoms with Crippen LogP contribution in [-0.4, -0.2) is 84.3 Å². The number of piperidine rings is 4. The van der Waals surface area contributed by atoms with Crippen LogP contribution < -0.4 is 0 Å². The van der Waals surface area contributed by atoms with E-state index in [1.54, 1.807) is 0 Å². The van der Waals surface area contributed by atoms with Crippen LogP contribution in [0, 0.1) is 21.7 Å². The Morgan fingerprint density at radius 1 is 0.414 bits per heavy atom. The number of carbonyl (C=O) groups is 4. The molecule has 0 N–H and O–H groups in total. The van der Waals surface area contributed by atoms with Gasteiger partial charge < -0.3 is 18.9 Å². The quantitative estimate of drug-likeness (QED) is 0.107. The zero-order valence-corrected chi connectivity index (χ0v) is 33.4. The monoisotopic (exact) mass is 782 g/mol. The fourth-order valence-corrected chi connectivity index (χ4v) is 13.8. The van der Waals surface area contributed by atoms with Gasteiger partial charge in [-0.2, -0.15) is 0 Å². The van der Waals surface area contributed by atoms with E-state index in [1.165, 1.54) is 27.7 Å². The van der Waals surface area contributed by atoms with Crippen LogP contribution >= 0.6 is 0 Å². The Morgan fingerprint density at radius 2 is 0.655 bits per heavy atom. The van der Waals surface area contributed by atoms with Crippen LogP contribution in [0.5, 0.6) is 0 Å². The van der Waals surface area contributed by atoms with Crippen LogP contribution in [0.25, 0.3) is 0 Å². The lowest BCUT2D eigenvalue weighted by Gasteiger charge is -2.98. The lowest BCUT2D eigenvalue weighted by Crippen LogP contribution is -3.07. The molecule has 4 aromatic rings. The molecule has 4 aromatic carbocycles. The lowest BCUT2D eigenvalue weighted by atomic mass is 9.16. The van der Waals surface area contributed by atoms with Crippen molar-refractivity contribution in [3.63, 3.8) is 0 Å². The molecule has 58 heavy (non-hydrogen) atoms. The SMILES string of the molecule is CC(=O)OCC12C(c3ccccc3)C3(COC(C)=O)C4N(Cc5ccccc5)C1C1(COC(C)=O)C(c5ccccc5)C4(COC(C)=O)C3N(Cc3ccccc3)C21. The third-order valence-corrected chi connectivity index (χ3v) is 14.3. The second-order valence-electron chi connectivity index (χ2n) is 17.2. The number of ether oxygens (including phenoxy) is 4. The molecule has 0 amide bonds. The Hall–Kier alpha value is -5.32. The fourth-order valence-electron chi connectivity index (χ4n) is 13.8. The Morgan fingerprint density at radius 3 is 0.897 bits per heavy atom. The molecule has 0 unspecified atom stereocenters. The zero-order valence-electron chi connectivity index (χ0n) is 33.4. The molecule has 10 nitrogen and oxygen atoms in total. The van der Waals surface area contributed by atoms with Crippen LogP contribution in [-0.2, 0) is 51.2 Å². The molecule has 10 rings (SSSR count). The summed E-state index contributed by atoms with van der Waals surface area (Å²) >= 11 is 0. The molecule has 0 aromatic heterocycles. The normalized spacial score (nSPS) is 33.7. The summed E-state index contributed by atoms with van der Waals surface area (Å²) in [5.74, 6) is -2.11. The molecule has 0 atom stereocenters. The average Bonchev–Trinajstić information content (AvgIpc) is 3.19. The van der Waals surface area contributed by atoms with Gasteiger partial charge >= 0.3 is 23.9 Å². The maximum Gasteiger partial charge on any atom is 0.302 e. The van der Waals surface area contributed by atoms with Gasteiger partial charge in [0.1, 0.15) is 26.4 Å². The first-order valence-corrected chi connectivity index (χ1v) is 20.3. The molecule has 0 radical (unpaired) electrons. The molecule has 4 aliphatic heterocycles. The van der Waals surface area contributed by atoms with Gasteiger partial charge in [-0.1, -0.05) is 121 Å². The highest BCUT2D eigenvalue weighted by molar-refractivity contribution is 5.69. The maximum atomic E-state index is 13.2. The van der Waals surface area contributed by atoms with E-state index >= 15 is 0 Å². The summed E-state index contributed by atoms with van der Waals surface area (Å²) in [6.07, 6.45) is 0. The van der Waals surface area contributed by atoms with Crippen LogP contribution in [0.15, 0.2) is 121 Å². The third kappa shape index (κ3) is 5.23. The molecule has 300 valence electrons. The van der Waals surface area contributed by atoms with Gasteiger partial charge in [-0.3, -0.25) is 29.0 Å². The van der Waals surface area contributed by atoms with Gasteiger partial charge in [-0.05, 0) is 22.3 Å². The molecule has 6 fully saturated rings. The molecular weight excluding hydrogens is 733 g/mol. The Balaban J connectivity index is 1.42. The standard InChI is InChI=1S/C48H50N2O8/c1-31(51)55-27-45-39(37-21-13-7-14-22-37)46(28-56-32(2)52)43-48(30-58-34(4)54)40(38-23-15-8-16-24-38)47(29-57-33(3)53,41(45)49(43)25-35-17-9-5-10-18-35)42(45)50(44(46)48)26-36-19-11-6-12-20-36/h5-24,39-44H,25-30H2,1-4H3. The largest absolute Gasteiger partial charge is 0.465 e. The predicted molar refractivity (Wildman–Crippen MR) is 214 cm³/mol. The molecule has 4 heterocycles. The van der Waals surface area contributed by atoms with E-state index in [-0.39, 0.29) is 86.3 Å². The molecule has 2 saturated carbocycles. The number of hydrogen-bond acceptors (Lipinski definition) is 10. The van der Waals surface area contributed by atoms with Gasteiger partial charge in [0.2, 0.25) is 0 Å². The topological polar surface area (TPSA) is 112 Å². The molecule has 0 spiro atoms. The minimum Gasteiger partial charge on any atom is -0.465 e. The van der Waals surface area contributed by atoms with E-state index < -0.39 is 21.7 Å². The number of benzene rings is 4. The van der Waals surface area contributed by atoms with E-state index in [1.807, 2.05) is 72.8 Å². The van der Waals surface area contributed by atoms with Crippen molar-refractivity contribution in [3.05, 3.63) is 144 Å². The van der Waals surface area contributed by atoms with Crippen molar-refractivity contribution in [2.24, 2.45) is 21.7 Å². The van der Waals surface area contributed by atoms with Gasteiger partial charge in [-0.15, -0.1) is 0 Å². The second kappa shape index (κ2) is 14.2. The molecule has 2 aliphatic carbocycles. The average molecular weight is 783 g/mol. The van der Waals surface area contributed by atoms with E-state index in [2.05, 4.69) is 58.3 Å². The highest BCUT2D eigenvalue weighted by Crippen LogP contribution is 2.92. The summed E-state index contributed by atoms with van der Waals surface area (Å²) in [4.78, 5) is 57.7. The predicted octanol–water partition coefficient (Wildman–Crippen LogP) is 6.30. The summed E-state index contributed by atoms with van der Waals surface area (Å²) in [5, 5.41) is 0. The Kier molecular flexibility index (Phi) is 9.36. The van der Waals surface area contributed by atoms with E-state index in [9.17, 15) is 19.2 Å². The van der Waals surface area contributed by atoms with Gasteiger partial charge in [0.15, 0.2) is 0 Å². The van der Waals surface area contributed by atoms with Gasteiger partial charge in [0, 0.05) is 98.4 Å². The van der Waals surface area contributed by atoms with Crippen LogP contribution in [0.3, 0.4) is 0 Å². The van der Waals surface area contributed by atoms with Crippen molar-refractivity contribution >= 4 is 23.9 Å². The van der Waals surface area contributed by atoms with E-state index in [0.29, 0.717) is 13.1 Å². The lowest BCUT2D eigenvalue weighted by molar-refractivity contribution is -0.492. The summed E-state index contributed by atoms with van der Waals surface area (Å²) < 4.78 is 25.3. The number of nitrogens with zero attached hydrogens (tertiary/aromatic N) is 2. The molecule has 10 heteroatoms. The minimum absolute atomic E-state index is 0.0926. The number of rotatable bonds is 14. The minimum atomic E-state index is -0.787. The van der Waals surface area contributed by atoms with Gasteiger partial charge in [0.25, 0.3) is 0 Å². The van der Waals surface area contributed by atoms with Crippen molar-refractivity contribution in [2.45, 2.75) is 76.8 Å². The first-order valence-electron chi connectivity index (χ1n) is 20.3. The molecule has 4 saturated heterocycles. The van der Waals surface area contributed by atoms with Crippen molar-refractivity contribution < 1.29 is 38.1 Å². The highest BCUT2D eigenvalue weighted by Gasteiger charge is 3.00. The maximum absolute atomic E-state index is 13.2. The highest BCUT2D eigenvalue weighted by atomic mass is 16.5. The number of hydrogen-bond donors (Lipinski definition) is 0. The second-order valence-corrected chi connectivity index (χ2v) is 17.2. The summed E-state index contributed by atoms with van der Waals surface area (Å²) in [5.41, 5.74) is 1.14. The van der Waals surface area contributed by atoms with Crippen molar-refractivity contribution in [1.82, 2.24) is 9.80 Å². The summed E-state index contributed by atoms with van der Waals surface area (Å²) in [6, 6.07) is 40.0. The number of esters is 4. The first-order chi connectivity index (χ1) is 28.0. The van der Waals surface area contributed by atoms with Crippen LogP contribution in [0.4, 0.5) is 0 Å².